The van der Waals surface area contributed by atoms with Crippen LogP contribution in [0.15, 0.2) is 48.5 Å². The normalized spacial score (nSPS) is 11.0. The van der Waals surface area contributed by atoms with E-state index >= 15 is 0 Å². The molecule has 0 saturated heterocycles. The Morgan fingerprint density at radius 3 is 2.45 bits per heavy atom. The van der Waals surface area contributed by atoms with Gasteiger partial charge in [-0.15, -0.1) is 0 Å². The predicted octanol–water partition coefficient (Wildman–Crippen LogP) is 5.09. The second-order valence-electron chi connectivity index (χ2n) is 5.38. The third kappa shape index (κ3) is 2.75. The summed E-state index contributed by atoms with van der Waals surface area (Å²) in [6.45, 7) is 2.42. The topological polar surface area (TPSA) is 46.2 Å². The van der Waals surface area contributed by atoms with Gasteiger partial charge in [0, 0.05) is 11.5 Å². The average molecular weight is 293 g/mol. The number of esters is 1. The quantitative estimate of drug-likeness (QED) is 0.382. The summed E-state index contributed by atoms with van der Waals surface area (Å²) in [7, 11) is 0. The number of benzene rings is 3. The Hall–Kier alpha value is -2.55. The van der Waals surface area contributed by atoms with E-state index in [-0.39, 0.29) is 5.75 Å². The summed E-state index contributed by atoms with van der Waals surface area (Å²) in [5.41, 5.74) is 0.323. The zero-order chi connectivity index (χ0) is 15.5. The van der Waals surface area contributed by atoms with Crippen LogP contribution in [-0.4, -0.2) is 12.6 Å². The smallest absolute Gasteiger partial charge is 0.338 e. The summed E-state index contributed by atoms with van der Waals surface area (Å²) in [4.78, 5) is 12.0. The molecule has 3 rings (SSSR count). The molecule has 0 atom stereocenters. The van der Waals surface area contributed by atoms with E-state index in [0.717, 1.165) is 29.0 Å². The Morgan fingerprint density at radius 2 is 1.73 bits per heavy atom. The Kier molecular flexibility index (Phi) is 3.96. The molecular formula is C19H17O3. The van der Waals surface area contributed by atoms with E-state index in [4.69, 9.17) is 4.74 Å². The minimum atomic E-state index is -0.430. The van der Waals surface area contributed by atoms with Gasteiger partial charge in [-0.1, -0.05) is 37.6 Å². The van der Waals surface area contributed by atoms with Gasteiger partial charge in [0.25, 0.3) is 0 Å². The molecule has 0 unspecified atom stereocenters. The SMILES string of the molecule is CCCCOC(=O)c1cc([O])c2cc3ccccc3cc2c1. The highest BCUT2D eigenvalue weighted by atomic mass is 16.5. The van der Waals surface area contributed by atoms with Gasteiger partial charge in [-0.25, -0.2) is 4.79 Å². The molecular weight excluding hydrogens is 276 g/mol. The summed E-state index contributed by atoms with van der Waals surface area (Å²) in [5.74, 6) is -0.577. The maximum absolute atomic E-state index is 12.3. The molecule has 22 heavy (non-hydrogen) atoms. The average Bonchev–Trinajstić information content (AvgIpc) is 2.53. The van der Waals surface area contributed by atoms with Crippen LogP contribution in [0, 0.1) is 0 Å². The molecule has 0 amide bonds. The summed E-state index contributed by atoms with van der Waals surface area (Å²) in [6.07, 6.45) is 1.79. The van der Waals surface area contributed by atoms with Crippen LogP contribution in [0.5, 0.6) is 5.75 Å². The van der Waals surface area contributed by atoms with Crippen LogP contribution in [0.3, 0.4) is 0 Å². The molecule has 0 aromatic heterocycles. The van der Waals surface area contributed by atoms with Crippen molar-refractivity contribution in [2.75, 3.05) is 6.61 Å². The fraction of sp³-hybridized carbons (Fsp3) is 0.211. The van der Waals surface area contributed by atoms with Gasteiger partial charge in [0.15, 0.2) is 5.75 Å². The zero-order valence-electron chi connectivity index (χ0n) is 12.5. The monoisotopic (exact) mass is 293 g/mol. The van der Waals surface area contributed by atoms with Crippen LogP contribution >= 0.6 is 0 Å². The first kappa shape index (κ1) is 14.4. The van der Waals surface area contributed by atoms with Crippen molar-refractivity contribution >= 4 is 27.5 Å². The number of carbonyl (C=O) groups excluding carboxylic acids is 1. The van der Waals surface area contributed by atoms with Gasteiger partial charge in [0.05, 0.1) is 12.2 Å². The van der Waals surface area contributed by atoms with Crippen molar-refractivity contribution in [3.63, 3.8) is 0 Å². The fourth-order valence-electron chi connectivity index (χ4n) is 2.53. The number of hydrogen-bond donors (Lipinski definition) is 0. The van der Waals surface area contributed by atoms with Crippen molar-refractivity contribution in [1.29, 1.82) is 0 Å². The second-order valence-corrected chi connectivity index (χ2v) is 5.38. The minimum absolute atomic E-state index is 0.148. The molecule has 0 heterocycles. The molecule has 0 aliphatic carbocycles. The standard InChI is InChI=1S/C19H17O3/c1-2-3-8-22-19(21)16-10-15-9-13-6-4-5-7-14(13)11-17(15)18(20)12-16/h4-7,9-12H,2-3,8H2,1H3. The molecule has 3 aromatic carbocycles. The van der Waals surface area contributed by atoms with Crippen molar-refractivity contribution in [2.24, 2.45) is 0 Å². The van der Waals surface area contributed by atoms with Crippen molar-refractivity contribution < 1.29 is 14.6 Å². The Morgan fingerprint density at radius 1 is 1.00 bits per heavy atom. The maximum Gasteiger partial charge on any atom is 0.338 e. The molecule has 3 aromatic rings. The molecule has 0 aliphatic rings. The van der Waals surface area contributed by atoms with Crippen LogP contribution in [0.25, 0.3) is 21.5 Å². The molecule has 1 radical (unpaired) electrons. The molecule has 0 saturated carbocycles. The van der Waals surface area contributed by atoms with Crippen LogP contribution in [-0.2, 0) is 9.84 Å². The number of unbranched alkanes of at least 4 members (excludes halogenated alkanes) is 1. The third-order valence-corrected chi connectivity index (χ3v) is 3.75. The van der Waals surface area contributed by atoms with Crippen molar-refractivity contribution in [3.8, 4) is 5.75 Å². The number of ether oxygens (including phenoxy) is 1. The highest BCUT2D eigenvalue weighted by Gasteiger charge is 2.12. The van der Waals surface area contributed by atoms with Crippen LogP contribution in [0.4, 0.5) is 0 Å². The van der Waals surface area contributed by atoms with Crippen molar-refractivity contribution in [1.82, 2.24) is 0 Å². The summed E-state index contributed by atoms with van der Waals surface area (Å²) >= 11 is 0. The number of hydrogen-bond acceptors (Lipinski definition) is 2. The Labute approximate surface area is 129 Å². The van der Waals surface area contributed by atoms with Gasteiger partial charge in [0.2, 0.25) is 0 Å². The van der Waals surface area contributed by atoms with Crippen molar-refractivity contribution in [3.05, 3.63) is 54.1 Å². The summed E-state index contributed by atoms with van der Waals surface area (Å²) in [6, 6.07) is 14.8. The van der Waals surface area contributed by atoms with E-state index in [1.807, 2.05) is 43.3 Å². The summed E-state index contributed by atoms with van der Waals surface area (Å²) < 4.78 is 5.18. The summed E-state index contributed by atoms with van der Waals surface area (Å²) in [5, 5.41) is 15.7. The molecule has 0 N–H and O–H groups in total. The lowest BCUT2D eigenvalue weighted by atomic mass is 10.0. The lowest BCUT2D eigenvalue weighted by molar-refractivity contribution is 0.0499. The molecule has 111 valence electrons. The molecule has 0 spiro atoms. The van der Waals surface area contributed by atoms with Crippen LogP contribution in [0.1, 0.15) is 30.1 Å². The molecule has 0 fully saturated rings. The first-order valence-corrected chi connectivity index (χ1v) is 7.49. The number of rotatable bonds is 4. The predicted molar refractivity (Wildman–Crippen MR) is 86.8 cm³/mol. The van der Waals surface area contributed by atoms with E-state index in [0.29, 0.717) is 17.6 Å². The number of fused-ring (bicyclic) bond motifs is 2. The van der Waals surface area contributed by atoms with E-state index in [1.165, 1.54) is 6.07 Å². The van der Waals surface area contributed by atoms with Gasteiger partial charge >= 0.3 is 5.97 Å². The molecule has 0 bridgehead atoms. The van der Waals surface area contributed by atoms with E-state index in [1.54, 1.807) is 6.07 Å². The van der Waals surface area contributed by atoms with Crippen LogP contribution in [0.2, 0.25) is 0 Å². The van der Waals surface area contributed by atoms with E-state index in [9.17, 15) is 9.90 Å². The maximum atomic E-state index is 12.3. The van der Waals surface area contributed by atoms with Gasteiger partial charge in [-0.05, 0) is 40.8 Å². The van der Waals surface area contributed by atoms with Gasteiger partial charge in [-0.2, -0.15) is 0 Å². The molecule has 3 heteroatoms. The third-order valence-electron chi connectivity index (χ3n) is 3.75. The number of carbonyl (C=O) groups is 1. The minimum Gasteiger partial charge on any atom is -0.462 e. The molecule has 3 nitrogen and oxygen atoms in total. The van der Waals surface area contributed by atoms with Gasteiger partial charge in [-0.3, -0.25) is 5.11 Å². The largest absolute Gasteiger partial charge is 0.462 e. The first-order chi connectivity index (χ1) is 10.7. The van der Waals surface area contributed by atoms with E-state index in [2.05, 4.69) is 0 Å². The van der Waals surface area contributed by atoms with E-state index < -0.39 is 5.97 Å². The highest BCUT2D eigenvalue weighted by Crippen LogP contribution is 2.31. The van der Waals surface area contributed by atoms with Crippen LogP contribution < -0.4 is 0 Å². The lowest BCUT2D eigenvalue weighted by Gasteiger charge is -2.07. The van der Waals surface area contributed by atoms with Gasteiger partial charge < -0.3 is 4.74 Å². The molecule has 0 aliphatic heterocycles. The Bertz CT molecular complexity index is 837. The lowest BCUT2D eigenvalue weighted by Crippen LogP contribution is -2.06. The first-order valence-electron chi connectivity index (χ1n) is 7.49. The fourth-order valence-corrected chi connectivity index (χ4v) is 2.53. The van der Waals surface area contributed by atoms with Gasteiger partial charge in [0.1, 0.15) is 0 Å². The second kappa shape index (κ2) is 6.06. The Balaban J connectivity index is 2.03. The zero-order valence-corrected chi connectivity index (χ0v) is 12.5. The highest BCUT2D eigenvalue weighted by molar-refractivity contribution is 6.04. The van der Waals surface area contributed by atoms with Crippen molar-refractivity contribution in [2.45, 2.75) is 19.8 Å².